The first-order chi connectivity index (χ1) is 12.0. The second kappa shape index (κ2) is 8.06. The number of amides is 2. The van der Waals surface area contributed by atoms with Gasteiger partial charge in [0.15, 0.2) is 0 Å². The highest BCUT2D eigenvalue weighted by atomic mass is 16.5. The number of likely N-dealkylation sites (tertiary alicyclic amines) is 1. The molecule has 0 spiro atoms. The second-order valence-electron chi connectivity index (χ2n) is 7.25. The van der Waals surface area contributed by atoms with Gasteiger partial charge in [0.1, 0.15) is 18.5 Å². The Bertz CT molecular complexity index is 579. The van der Waals surface area contributed by atoms with Gasteiger partial charge in [-0.15, -0.1) is 0 Å². The number of piperidine rings is 1. The lowest BCUT2D eigenvalue weighted by Gasteiger charge is -2.36. The van der Waals surface area contributed by atoms with Gasteiger partial charge in [-0.3, -0.25) is 0 Å². The number of urea groups is 1. The first-order valence-corrected chi connectivity index (χ1v) is 9.17. The molecule has 6 nitrogen and oxygen atoms in total. The first-order valence-electron chi connectivity index (χ1n) is 9.17. The van der Waals surface area contributed by atoms with Crippen LogP contribution in [0, 0.1) is 13.8 Å². The topological polar surface area (TPSA) is 65.0 Å². The molecule has 25 heavy (non-hydrogen) atoms. The van der Waals surface area contributed by atoms with E-state index in [4.69, 9.17) is 4.74 Å². The zero-order chi connectivity index (χ0) is 17.8. The van der Waals surface area contributed by atoms with Gasteiger partial charge in [0, 0.05) is 38.8 Å². The van der Waals surface area contributed by atoms with Crippen LogP contribution in [0.3, 0.4) is 0 Å². The van der Waals surface area contributed by atoms with Crippen molar-refractivity contribution in [2.45, 2.75) is 38.8 Å². The number of rotatable bonds is 6. The zero-order valence-electron chi connectivity index (χ0n) is 15.2. The quantitative estimate of drug-likeness (QED) is 0.819. The van der Waals surface area contributed by atoms with E-state index >= 15 is 0 Å². The van der Waals surface area contributed by atoms with Crippen LogP contribution in [0.25, 0.3) is 0 Å². The van der Waals surface area contributed by atoms with E-state index in [1.54, 1.807) is 0 Å². The van der Waals surface area contributed by atoms with Crippen molar-refractivity contribution in [1.29, 1.82) is 0 Å². The van der Waals surface area contributed by atoms with E-state index in [1.165, 1.54) is 0 Å². The van der Waals surface area contributed by atoms with Crippen molar-refractivity contribution >= 4 is 6.03 Å². The number of nitrogens with zero attached hydrogens (tertiary/aromatic N) is 2. The van der Waals surface area contributed by atoms with Crippen LogP contribution >= 0.6 is 0 Å². The van der Waals surface area contributed by atoms with Gasteiger partial charge in [0.2, 0.25) is 0 Å². The highest BCUT2D eigenvalue weighted by Gasteiger charge is 2.30. The molecule has 2 fully saturated rings. The average molecular weight is 347 g/mol. The van der Waals surface area contributed by atoms with Crippen LogP contribution in [-0.2, 0) is 0 Å². The molecular weight excluding hydrogens is 318 g/mol. The van der Waals surface area contributed by atoms with Crippen molar-refractivity contribution in [2.75, 3.05) is 39.3 Å². The predicted molar refractivity (Wildman–Crippen MR) is 97.0 cm³/mol. The van der Waals surface area contributed by atoms with Gasteiger partial charge in [-0.1, -0.05) is 6.07 Å². The van der Waals surface area contributed by atoms with E-state index in [0.717, 1.165) is 55.9 Å². The summed E-state index contributed by atoms with van der Waals surface area (Å²) in [5, 5.41) is 13.1. The maximum atomic E-state index is 11.7. The Morgan fingerprint density at radius 2 is 1.88 bits per heavy atom. The fraction of sp³-hybridized carbons (Fsp3) is 0.632. The van der Waals surface area contributed by atoms with E-state index in [0.29, 0.717) is 19.2 Å². The summed E-state index contributed by atoms with van der Waals surface area (Å²) < 4.78 is 5.75. The molecule has 2 aliphatic rings. The van der Waals surface area contributed by atoms with Crippen LogP contribution in [0.5, 0.6) is 5.75 Å². The van der Waals surface area contributed by atoms with Gasteiger partial charge in [0.25, 0.3) is 0 Å². The Morgan fingerprint density at radius 3 is 2.48 bits per heavy atom. The number of aliphatic hydroxyl groups excluding tert-OH is 1. The number of hydrogen-bond donors (Lipinski definition) is 2. The number of aliphatic hydroxyl groups is 1. The molecule has 2 amide bonds. The molecule has 6 heteroatoms. The number of ether oxygens (including phenoxy) is 1. The normalized spacial score (nSPS) is 20.6. The van der Waals surface area contributed by atoms with Gasteiger partial charge >= 0.3 is 6.03 Å². The summed E-state index contributed by atoms with van der Waals surface area (Å²) >= 11 is 0. The van der Waals surface area contributed by atoms with Gasteiger partial charge in [0.05, 0.1) is 0 Å². The van der Waals surface area contributed by atoms with Gasteiger partial charge in [-0.25, -0.2) is 4.79 Å². The average Bonchev–Trinajstić information content (AvgIpc) is 2.99. The SMILES string of the molecule is Cc1cc(C)cc(OC[C@@H](O)CN2CCC(N3CCNC3=O)CC2)c1. The lowest BCUT2D eigenvalue weighted by Crippen LogP contribution is -2.48. The first kappa shape index (κ1) is 18.0. The van der Waals surface area contributed by atoms with Crippen molar-refractivity contribution in [3.05, 3.63) is 29.3 Å². The Balaban J connectivity index is 1.40. The summed E-state index contributed by atoms with van der Waals surface area (Å²) in [4.78, 5) is 16.0. The second-order valence-corrected chi connectivity index (χ2v) is 7.25. The van der Waals surface area contributed by atoms with Crippen LogP contribution in [0.4, 0.5) is 4.79 Å². The van der Waals surface area contributed by atoms with Gasteiger partial charge < -0.3 is 25.0 Å². The van der Waals surface area contributed by atoms with Crippen LogP contribution in [0.2, 0.25) is 0 Å². The molecule has 2 N–H and O–H groups in total. The van der Waals surface area contributed by atoms with Crippen molar-refractivity contribution in [3.8, 4) is 5.75 Å². The largest absolute Gasteiger partial charge is 0.491 e. The molecule has 3 rings (SSSR count). The number of carbonyl (C=O) groups is 1. The summed E-state index contributed by atoms with van der Waals surface area (Å²) in [6.07, 6.45) is 1.43. The third-order valence-corrected chi connectivity index (χ3v) is 4.99. The van der Waals surface area contributed by atoms with Crippen LogP contribution in [0.15, 0.2) is 18.2 Å². The van der Waals surface area contributed by atoms with E-state index in [-0.39, 0.29) is 6.03 Å². The van der Waals surface area contributed by atoms with Crippen molar-refractivity contribution in [2.24, 2.45) is 0 Å². The maximum Gasteiger partial charge on any atom is 0.317 e. The van der Waals surface area contributed by atoms with E-state index < -0.39 is 6.10 Å². The lowest BCUT2D eigenvalue weighted by atomic mass is 10.0. The Labute approximate surface area is 149 Å². The van der Waals surface area contributed by atoms with E-state index in [1.807, 2.05) is 30.9 Å². The molecular formula is C19H29N3O3. The molecule has 0 saturated carbocycles. The number of benzene rings is 1. The highest BCUT2D eigenvalue weighted by molar-refractivity contribution is 5.76. The minimum absolute atomic E-state index is 0.0698. The van der Waals surface area contributed by atoms with Gasteiger partial charge in [-0.2, -0.15) is 0 Å². The summed E-state index contributed by atoms with van der Waals surface area (Å²) in [6.45, 7) is 8.40. The Hall–Kier alpha value is -1.79. The fourth-order valence-electron chi connectivity index (χ4n) is 3.81. The van der Waals surface area contributed by atoms with Crippen molar-refractivity contribution < 1.29 is 14.6 Å². The number of aryl methyl sites for hydroxylation is 2. The molecule has 2 heterocycles. The monoisotopic (exact) mass is 347 g/mol. The molecule has 0 aliphatic carbocycles. The third-order valence-electron chi connectivity index (χ3n) is 4.99. The van der Waals surface area contributed by atoms with Crippen molar-refractivity contribution in [3.63, 3.8) is 0 Å². The highest BCUT2D eigenvalue weighted by Crippen LogP contribution is 2.19. The number of carbonyl (C=O) groups excluding carboxylic acids is 1. The molecule has 2 aliphatic heterocycles. The number of hydrogen-bond acceptors (Lipinski definition) is 4. The molecule has 0 bridgehead atoms. The predicted octanol–water partition coefficient (Wildman–Crippen LogP) is 1.53. The van der Waals surface area contributed by atoms with Crippen LogP contribution in [0.1, 0.15) is 24.0 Å². The zero-order valence-corrected chi connectivity index (χ0v) is 15.2. The Kier molecular flexibility index (Phi) is 5.81. The maximum absolute atomic E-state index is 11.7. The summed E-state index contributed by atoms with van der Waals surface area (Å²) in [7, 11) is 0. The number of β-amino-alcohol motifs (C(OH)–C–C–N with tert-alkyl or cyclic N) is 1. The molecule has 138 valence electrons. The minimum Gasteiger partial charge on any atom is -0.491 e. The minimum atomic E-state index is -0.507. The fourth-order valence-corrected chi connectivity index (χ4v) is 3.81. The summed E-state index contributed by atoms with van der Waals surface area (Å²) in [5.41, 5.74) is 2.33. The molecule has 0 aromatic heterocycles. The molecule has 0 unspecified atom stereocenters. The molecule has 1 aromatic rings. The Morgan fingerprint density at radius 1 is 1.20 bits per heavy atom. The van der Waals surface area contributed by atoms with Crippen molar-refractivity contribution in [1.82, 2.24) is 15.1 Å². The van der Waals surface area contributed by atoms with Gasteiger partial charge in [-0.05, 0) is 49.9 Å². The molecule has 1 aromatic carbocycles. The molecule has 2 saturated heterocycles. The van der Waals surface area contributed by atoms with E-state index in [2.05, 4.69) is 16.3 Å². The summed E-state index contributed by atoms with van der Waals surface area (Å²) in [6, 6.07) is 6.50. The van der Waals surface area contributed by atoms with E-state index in [9.17, 15) is 9.90 Å². The third kappa shape index (κ3) is 4.86. The standard InChI is InChI=1S/C19H29N3O3/c1-14-9-15(2)11-18(10-14)25-13-17(23)12-21-6-3-16(4-7-21)22-8-5-20-19(22)24/h9-11,16-17,23H,3-8,12-13H2,1-2H3,(H,20,24)/t17-/m0/s1. The molecule has 1 atom stereocenters. The molecule has 0 radical (unpaired) electrons. The van der Waals surface area contributed by atoms with Crippen LogP contribution in [-0.4, -0.2) is 72.4 Å². The number of nitrogens with one attached hydrogen (secondary N) is 1. The summed E-state index contributed by atoms with van der Waals surface area (Å²) in [5.74, 6) is 0.815. The smallest absolute Gasteiger partial charge is 0.317 e. The van der Waals surface area contributed by atoms with Crippen LogP contribution < -0.4 is 10.1 Å². The lowest BCUT2D eigenvalue weighted by molar-refractivity contribution is 0.0508.